The molecule has 1 aliphatic heterocycles. The highest BCUT2D eigenvalue weighted by molar-refractivity contribution is 5.70. The fraction of sp³-hybridized carbons (Fsp3) is 0.929. The maximum absolute atomic E-state index is 11.0. The van der Waals surface area contributed by atoms with Crippen LogP contribution in [-0.2, 0) is 4.79 Å². The van der Waals surface area contributed by atoms with E-state index in [4.69, 9.17) is 5.11 Å². The molecular formula is C14H25NO2. The number of likely N-dealkylation sites (tertiary alicyclic amines) is 1. The summed E-state index contributed by atoms with van der Waals surface area (Å²) in [7, 11) is 0. The van der Waals surface area contributed by atoms with Crippen molar-refractivity contribution in [2.24, 2.45) is 11.3 Å². The van der Waals surface area contributed by atoms with Crippen molar-refractivity contribution in [1.82, 2.24) is 4.90 Å². The first kappa shape index (κ1) is 12.9. The first-order valence-corrected chi connectivity index (χ1v) is 7.01. The topological polar surface area (TPSA) is 40.5 Å². The van der Waals surface area contributed by atoms with Crippen molar-refractivity contribution in [2.45, 2.75) is 58.4 Å². The van der Waals surface area contributed by atoms with Gasteiger partial charge in [0.25, 0.3) is 0 Å². The largest absolute Gasteiger partial charge is 0.481 e. The number of hydrogen-bond donors (Lipinski definition) is 1. The third-order valence-electron chi connectivity index (χ3n) is 4.93. The van der Waals surface area contributed by atoms with Crippen molar-refractivity contribution in [3.8, 4) is 0 Å². The minimum absolute atomic E-state index is 0.182. The van der Waals surface area contributed by atoms with Crippen molar-refractivity contribution >= 4 is 5.97 Å². The number of carboxylic acid groups (broad SMARTS) is 1. The van der Waals surface area contributed by atoms with Crippen LogP contribution in [0.2, 0.25) is 0 Å². The van der Waals surface area contributed by atoms with Crippen molar-refractivity contribution < 1.29 is 9.90 Å². The second kappa shape index (κ2) is 4.97. The average molecular weight is 239 g/mol. The summed E-state index contributed by atoms with van der Waals surface area (Å²) in [5.41, 5.74) is 0.545. The first-order chi connectivity index (χ1) is 8.04. The second-order valence-corrected chi connectivity index (χ2v) is 6.19. The van der Waals surface area contributed by atoms with Gasteiger partial charge in [-0.25, -0.2) is 0 Å². The highest BCUT2D eigenvalue weighted by Crippen LogP contribution is 2.44. The molecule has 0 aromatic rings. The van der Waals surface area contributed by atoms with Crippen molar-refractivity contribution in [3.05, 3.63) is 0 Å². The van der Waals surface area contributed by atoms with Crippen LogP contribution in [0.25, 0.3) is 0 Å². The monoisotopic (exact) mass is 239 g/mol. The molecule has 2 aliphatic rings. The summed E-state index contributed by atoms with van der Waals surface area (Å²) in [6, 6.07) is 0.182. The maximum atomic E-state index is 11.0. The molecule has 1 aliphatic carbocycles. The summed E-state index contributed by atoms with van der Waals surface area (Å²) >= 11 is 0. The van der Waals surface area contributed by atoms with E-state index >= 15 is 0 Å². The first-order valence-electron chi connectivity index (χ1n) is 7.01. The van der Waals surface area contributed by atoms with Gasteiger partial charge in [0.15, 0.2) is 0 Å². The average Bonchev–Trinajstić information content (AvgIpc) is 2.50. The zero-order valence-corrected chi connectivity index (χ0v) is 11.1. The predicted octanol–water partition coefficient (Wildman–Crippen LogP) is 2.75. The summed E-state index contributed by atoms with van der Waals surface area (Å²) in [5.74, 6) is -0.919. The molecule has 1 spiro atoms. The SMILES string of the molecule is CC(C(=O)O)C(C)N1CC2(CCCCCC2)C1. The molecule has 17 heavy (non-hydrogen) atoms. The molecule has 1 saturated heterocycles. The normalized spacial score (nSPS) is 28.1. The third kappa shape index (κ3) is 2.65. The molecule has 1 N–H and O–H groups in total. The number of nitrogens with zero attached hydrogens (tertiary/aromatic N) is 1. The molecule has 2 atom stereocenters. The van der Waals surface area contributed by atoms with E-state index in [-0.39, 0.29) is 12.0 Å². The van der Waals surface area contributed by atoms with Crippen LogP contribution in [0.4, 0.5) is 0 Å². The third-order valence-corrected chi connectivity index (χ3v) is 4.93. The highest BCUT2D eigenvalue weighted by Gasteiger charge is 2.45. The fourth-order valence-electron chi connectivity index (χ4n) is 3.42. The van der Waals surface area contributed by atoms with Crippen LogP contribution in [0.1, 0.15) is 52.4 Å². The van der Waals surface area contributed by atoms with Crippen LogP contribution < -0.4 is 0 Å². The molecular weight excluding hydrogens is 214 g/mol. The fourth-order valence-corrected chi connectivity index (χ4v) is 3.42. The molecule has 2 rings (SSSR count). The van der Waals surface area contributed by atoms with E-state index in [0.717, 1.165) is 13.1 Å². The summed E-state index contributed by atoms with van der Waals surface area (Å²) in [5, 5.41) is 9.04. The van der Waals surface area contributed by atoms with E-state index in [9.17, 15) is 4.79 Å². The molecule has 0 bridgehead atoms. The molecule has 0 aromatic heterocycles. The van der Waals surface area contributed by atoms with Gasteiger partial charge in [0, 0.05) is 19.1 Å². The predicted molar refractivity (Wildman–Crippen MR) is 68.0 cm³/mol. The minimum atomic E-state index is -0.667. The van der Waals surface area contributed by atoms with Gasteiger partial charge < -0.3 is 5.11 Å². The summed E-state index contributed by atoms with van der Waals surface area (Å²) in [6.45, 7) is 6.14. The Morgan fingerprint density at radius 3 is 2.12 bits per heavy atom. The van der Waals surface area contributed by atoms with Crippen LogP contribution in [0, 0.1) is 11.3 Å². The number of carbonyl (C=O) groups is 1. The lowest BCUT2D eigenvalue weighted by Crippen LogP contribution is -2.60. The number of aliphatic carboxylic acids is 1. The van der Waals surface area contributed by atoms with E-state index < -0.39 is 5.97 Å². The van der Waals surface area contributed by atoms with Gasteiger partial charge in [-0.05, 0) is 25.2 Å². The molecule has 0 radical (unpaired) electrons. The van der Waals surface area contributed by atoms with E-state index in [1.54, 1.807) is 0 Å². The minimum Gasteiger partial charge on any atom is -0.481 e. The van der Waals surface area contributed by atoms with Gasteiger partial charge in [-0.15, -0.1) is 0 Å². The maximum Gasteiger partial charge on any atom is 0.307 e. The van der Waals surface area contributed by atoms with Crippen LogP contribution in [-0.4, -0.2) is 35.1 Å². The molecule has 2 fully saturated rings. The van der Waals surface area contributed by atoms with Gasteiger partial charge in [-0.3, -0.25) is 9.69 Å². The number of rotatable bonds is 3. The quantitative estimate of drug-likeness (QED) is 0.823. The lowest BCUT2D eigenvalue weighted by molar-refractivity contribution is -0.146. The van der Waals surface area contributed by atoms with Gasteiger partial charge in [-0.2, -0.15) is 0 Å². The lowest BCUT2D eigenvalue weighted by atomic mass is 9.72. The second-order valence-electron chi connectivity index (χ2n) is 6.19. The highest BCUT2D eigenvalue weighted by atomic mass is 16.4. The van der Waals surface area contributed by atoms with Gasteiger partial charge in [0.05, 0.1) is 5.92 Å². The molecule has 2 unspecified atom stereocenters. The standard InChI is InChI=1S/C14H25NO2/c1-11(13(16)17)12(2)15-9-14(10-15)7-5-3-4-6-8-14/h11-12H,3-10H2,1-2H3,(H,16,17). The van der Waals surface area contributed by atoms with Crippen molar-refractivity contribution in [3.63, 3.8) is 0 Å². The smallest absolute Gasteiger partial charge is 0.307 e. The molecule has 3 nitrogen and oxygen atoms in total. The zero-order valence-electron chi connectivity index (χ0n) is 11.1. The van der Waals surface area contributed by atoms with E-state index in [0.29, 0.717) is 5.41 Å². The van der Waals surface area contributed by atoms with Crippen LogP contribution >= 0.6 is 0 Å². The van der Waals surface area contributed by atoms with Gasteiger partial charge in [-0.1, -0.05) is 32.6 Å². The zero-order chi connectivity index (χ0) is 12.5. The Labute approximate surface area is 104 Å². The molecule has 0 amide bonds. The molecule has 1 saturated carbocycles. The summed E-state index contributed by atoms with van der Waals surface area (Å²) in [6.07, 6.45) is 8.24. The Morgan fingerprint density at radius 1 is 1.12 bits per heavy atom. The summed E-state index contributed by atoms with van der Waals surface area (Å²) < 4.78 is 0. The van der Waals surface area contributed by atoms with E-state index in [2.05, 4.69) is 11.8 Å². The van der Waals surface area contributed by atoms with Crippen molar-refractivity contribution in [2.75, 3.05) is 13.1 Å². The molecule has 3 heteroatoms. The van der Waals surface area contributed by atoms with Gasteiger partial charge in [0.1, 0.15) is 0 Å². The Morgan fingerprint density at radius 2 is 1.65 bits per heavy atom. The van der Waals surface area contributed by atoms with Crippen molar-refractivity contribution in [1.29, 1.82) is 0 Å². The van der Waals surface area contributed by atoms with Crippen LogP contribution in [0.3, 0.4) is 0 Å². The molecule has 0 aromatic carbocycles. The Kier molecular flexibility index (Phi) is 3.76. The Hall–Kier alpha value is -0.570. The van der Waals surface area contributed by atoms with E-state index in [1.807, 2.05) is 6.92 Å². The van der Waals surface area contributed by atoms with Crippen LogP contribution in [0.15, 0.2) is 0 Å². The summed E-state index contributed by atoms with van der Waals surface area (Å²) in [4.78, 5) is 13.3. The molecule has 98 valence electrons. The van der Waals surface area contributed by atoms with Gasteiger partial charge >= 0.3 is 5.97 Å². The van der Waals surface area contributed by atoms with Gasteiger partial charge in [0.2, 0.25) is 0 Å². The lowest BCUT2D eigenvalue weighted by Gasteiger charge is -2.53. The number of hydrogen-bond acceptors (Lipinski definition) is 2. The number of carboxylic acids is 1. The Balaban J connectivity index is 1.86. The van der Waals surface area contributed by atoms with E-state index in [1.165, 1.54) is 38.5 Å². The van der Waals surface area contributed by atoms with Crippen LogP contribution in [0.5, 0.6) is 0 Å². The molecule has 1 heterocycles. The Bertz CT molecular complexity index is 274.